The van der Waals surface area contributed by atoms with Crippen LogP contribution in [0.3, 0.4) is 0 Å². The van der Waals surface area contributed by atoms with Crippen LogP contribution < -0.4 is 0 Å². The normalized spacial score (nSPS) is 7.20. The number of aliphatic hydroxyl groups excluding tert-OH is 1. The van der Waals surface area contributed by atoms with Crippen molar-refractivity contribution in [1.29, 1.82) is 0 Å². The molecule has 2 heteroatoms. The van der Waals surface area contributed by atoms with Crippen LogP contribution in [0.4, 0.5) is 0 Å². The van der Waals surface area contributed by atoms with Crippen LogP contribution in [0.15, 0.2) is 0 Å². The number of aliphatic hydroxyl groups is 1. The van der Waals surface area contributed by atoms with E-state index in [9.17, 15) is 0 Å². The molecule has 0 heterocycles. The standard InChI is InChI=1S/C3H8O.Rb.H/c1-3(2)4;;/h3-4H,1-2H3;;. The van der Waals surface area contributed by atoms with Gasteiger partial charge in [0, 0.05) is 6.10 Å². The molecule has 0 radical (unpaired) electrons. The third kappa shape index (κ3) is 26.2. The molecule has 0 fully saturated rings. The van der Waals surface area contributed by atoms with Gasteiger partial charge in [0.2, 0.25) is 0 Å². The molecule has 5 heavy (non-hydrogen) atoms. The predicted molar refractivity (Wildman–Crippen MR) is 24.5 cm³/mol. The van der Waals surface area contributed by atoms with Gasteiger partial charge in [-0.25, -0.2) is 0 Å². The Morgan fingerprint density at radius 2 is 1.40 bits per heavy atom. The van der Waals surface area contributed by atoms with E-state index in [4.69, 9.17) is 5.11 Å². The Hall–Kier alpha value is 1.77. The van der Waals surface area contributed by atoms with Gasteiger partial charge >= 0.3 is 58.2 Å². The zero-order valence-electron chi connectivity index (χ0n) is 3.02. The monoisotopic (exact) mass is 146 g/mol. The van der Waals surface area contributed by atoms with Gasteiger partial charge in [0.25, 0.3) is 0 Å². The molecule has 28 valence electrons. The van der Waals surface area contributed by atoms with Crippen LogP contribution in [0.5, 0.6) is 0 Å². The van der Waals surface area contributed by atoms with E-state index < -0.39 is 0 Å². The molecular formula is C3H9ORb. The summed E-state index contributed by atoms with van der Waals surface area (Å²) in [5.74, 6) is 0. The van der Waals surface area contributed by atoms with Gasteiger partial charge in [-0.15, -0.1) is 0 Å². The Morgan fingerprint density at radius 3 is 1.40 bits per heavy atom. The fourth-order valence-electron chi connectivity index (χ4n) is 0. The molecule has 0 atom stereocenters. The van der Waals surface area contributed by atoms with Gasteiger partial charge in [-0.2, -0.15) is 0 Å². The molecule has 1 N–H and O–H groups in total. The average molecular weight is 147 g/mol. The topological polar surface area (TPSA) is 20.2 Å². The quantitative estimate of drug-likeness (QED) is 0.499. The van der Waals surface area contributed by atoms with Gasteiger partial charge in [0.1, 0.15) is 0 Å². The molecule has 0 amide bonds. The second kappa shape index (κ2) is 5.77. The van der Waals surface area contributed by atoms with Crippen LogP contribution in [0.25, 0.3) is 0 Å². The first-order valence-electron chi connectivity index (χ1n) is 1.41. The van der Waals surface area contributed by atoms with Gasteiger partial charge in [-0.3, -0.25) is 0 Å². The van der Waals surface area contributed by atoms with Gasteiger partial charge < -0.3 is 5.11 Å². The first-order chi connectivity index (χ1) is 1.73. The van der Waals surface area contributed by atoms with Crippen LogP contribution in [-0.2, 0) is 0 Å². The van der Waals surface area contributed by atoms with Crippen LogP contribution in [0, 0.1) is 0 Å². The van der Waals surface area contributed by atoms with E-state index in [1.807, 2.05) is 0 Å². The molecule has 0 saturated heterocycles. The van der Waals surface area contributed by atoms with Gasteiger partial charge in [0.05, 0.1) is 0 Å². The predicted octanol–water partition coefficient (Wildman–Crippen LogP) is -0.261. The first-order valence-corrected chi connectivity index (χ1v) is 1.41. The Morgan fingerprint density at radius 1 is 1.40 bits per heavy atom. The van der Waals surface area contributed by atoms with Crippen molar-refractivity contribution in [3.05, 3.63) is 0 Å². The zero-order valence-corrected chi connectivity index (χ0v) is 3.02. The van der Waals surface area contributed by atoms with Crippen LogP contribution in [-0.4, -0.2) is 69.4 Å². The van der Waals surface area contributed by atoms with Crippen LogP contribution in [0.1, 0.15) is 13.8 Å². The summed E-state index contributed by atoms with van der Waals surface area (Å²) in [4.78, 5) is 0. The van der Waals surface area contributed by atoms with Crippen molar-refractivity contribution in [2.45, 2.75) is 20.0 Å². The molecule has 0 saturated carbocycles. The molecule has 0 aliphatic rings. The molecule has 0 aromatic heterocycles. The van der Waals surface area contributed by atoms with Crippen molar-refractivity contribution < 1.29 is 5.11 Å². The summed E-state index contributed by atoms with van der Waals surface area (Å²) in [6.45, 7) is 3.44. The van der Waals surface area contributed by atoms with E-state index >= 15 is 0 Å². The summed E-state index contributed by atoms with van der Waals surface area (Å²) >= 11 is 0. The number of hydrogen-bond donors (Lipinski definition) is 1. The molecule has 1 nitrogen and oxygen atoms in total. The molecule has 0 aliphatic carbocycles. The Kier molecular flexibility index (Phi) is 11.4. The van der Waals surface area contributed by atoms with Crippen molar-refractivity contribution in [2.75, 3.05) is 0 Å². The maximum absolute atomic E-state index is 8.06. The Bertz CT molecular complexity index is 11.6. The maximum atomic E-state index is 8.06. The van der Waals surface area contributed by atoms with E-state index in [0.29, 0.717) is 0 Å². The van der Waals surface area contributed by atoms with Crippen LogP contribution in [0.2, 0.25) is 0 Å². The molecule has 0 bridgehead atoms. The molecule has 0 aromatic carbocycles. The summed E-state index contributed by atoms with van der Waals surface area (Å²) in [6.07, 6.45) is -0.167. The summed E-state index contributed by atoms with van der Waals surface area (Å²) in [7, 11) is 0. The minimum absolute atomic E-state index is 0. The van der Waals surface area contributed by atoms with E-state index in [1.54, 1.807) is 13.8 Å². The van der Waals surface area contributed by atoms with Crippen molar-refractivity contribution in [3.63, 3.8) is 0 Å². The summed E-state index contributed by atoms with van der Waals surface area (Å²) in [6, 6.07) is 0. The summed E-state index contributed by atoms with van der Waals surface area (Å²) < 4.78 is 0. The van der Waals surface area contributed by atoms with E-state index in [2.05, 4.69) is 0 Å². The van der Waals surface area contributed by atoms with Crippen LogP contribution >= 0.6 is 0 Å². The SMILES string of the molecule is CC(C)O.[RbH]. The second-order valence-corrected chi connectivity index (χ2v) is 1.09. The number of hydrogen-bond acceptors (Lipinski definition) is 1. The average Bonchev–Trinajstić information content (AvgIpc) is 0.811. The van der Waals surface area contributed by atoms with E-state index in [-0.39, 0.29) is 64.3 Å². The Balaban J connectivity index is 0. The van der Waals surface area contributed by atoms with Gasteiger partial charge in [-0.1, -0.05) is 0 Å². The number of rotatable bonds is 0. The second-order valence-electron chi connectivity index (χ2n) is 1.09. The van der Waals surface area contributed by atoms with Crippen molar-refractivity contribution in [2.24, 2.45) is 0 Å². The molecule has 0 aliphatic heterocycles. The van der Waals surface area contributed by atoms with E-state index in [0.717, 1.165) is 0 Å². The first kappa shape index (κ1) is 9.90. The van der Waals surface area contributed by atoms with Gasteiger partial charge in [0.15, 0.2) is 0 Å². The third-order valence-electron chi connectivity index (χ3n) is 0. The zero-order chi connectivity index (χ0) is 3.58. The third-order valence-corrected chi connectivity index (χ3v) is 0. The minimum atomic E-state index is -0.167. The molecule has 0 rings (SSSR count). The summed E-state index contributed by atoms with van der Waals surface area (Å²) in [5.41, 5.74) is 0. The van der Waals surface area contributed by atoms with Gasteiger partial charge in [-0.05, 0) is 13.8 Å². The molecular weight excluding hydrogens is 138 g/mol. The summed E-state index contributed by atoms with van der Waals surface area (Å²) in [5, 5.41) is 8.06. The molecule has 0 unspecified atom stereocenters. The van der Waals surface area contributed by atoms with E-state index in [1.165, 1.54) is 0 Å². The van der Waals surface area contributed by atoms with Crippen molar-refractivity contribution in [3.8, 4) is 0 Å². The fourth-order valence-corrected chi connectivity index (χ4v) is 0. The fraction of sp³-hybridized carbons (Fsp3) is 1.00. The van der Waals surface area contributed by atoms with Crippen molar-refractivity contribution >= 4 is 58.2 Å². The van der Waals surface area contributed by atoms with Crippen molar-refractivity contribution in [1.82, 2.24) is 0 Å². The molecule has 0 aromatic rings. The molecule has 0 spiro atoms. The Labute approximate surface area is 81.6 Å².